The van der Waals surface area contributed by atoms with Crippen molar-refractivity contribution in [2.24, 2.45) is 0 Å². The highest BCUT2D eigenvalue weighted by molar-refractivity contribution is 8.01. The number of rotatable bonds is 11. The number of hydrogen-bond donors (Lipinski definition) is 2. The number of benzene rings is 3. The fourth-order valence-corrected chi connectivity index (χ4v) is 5.27. The van der Waals surface area contributed by atoms with Gasteiger partial charge in [-0.1, -0.05) is 37.2 Å². The second-order valence-electron chi connectivity index (χ2n) is 7.88. The van der Waals surface area contributed by atoms with Crippen LogP contribution in [0.4, 0.5) is 11.4 Å². The van der Waals surface area contributed by atoms with Crippen LogP contribution in [0.1, 0.15) is 30.1 Å². The molecule has 0 fully saturated rings. The molecule has 0 unspecified atom stereocenters. The summed E-state index contributed by atoms with van der Waals surface area (Å²) in [6.45, 7) is 2.81. The van der Waals surface area contributed by atoms with Gasteiger partial charge in [0, 0.05) is 11.4 Å². The molecule has 36 heavy (non-hydrogen) atoms. The van der Waals surface area contributed by atoms with Gasteiger partial charge < -0.3 is 20.1 Å². The van der Waals surface area contributed by atoms with Crippen molar-refractivity contribution in [2.45, 2.75) is 24.1 Å². The van der Waals surface area contributed by atoms with Gasteiger partial charge in [0.1, 0.15) is 11.5 Å². The second kappa shape index (κ2) is 12.4. The summed E-state index contributed by atoms with van der Waals surface area (Å²) in [5.41, 5.74) is 2.67. The lowest BCUT2D eigenvalue weighted by atomic mass is 10.2. The summed E-state index contributed by atoms with van der Waals surface area (Å²) >= 11 is 2.86. The molecule has 4 aromatic rings. The number of aromatic nitrogens is 1. The normalized spacial score (nSPS) is 10.7. The summed E-state index contributed by atoms with van der Waals surface area (Å²) in [6.07, 6.45) is 2.10. The Hall–Kier alpha value is -3.56. The van der Waals surface area contributed by atoms with E-state index in [1.54, 1.807) is 18.2 Å². The average Bonchev–Trinajstić information content (AvgIpc) is 3.31. The summed E-state index contributed by atoms with van der Waals surface area (Å²) in [6, 6.07) is 20.0. The predicted molar refractivity (Wildman–Crippen MR) is 147 cm³/mol. The van der Waals surface area contributed by atoms with Crippen LogP contribution in [0.5, 0.6) is 11.5 Å². The van der Waals surface area contributed by atoms with E-state index < -0.39 is 0 Å². The molecule has 2 amide bonds. The van der Waals surface area contributed by atoms with Crippen LogP contribution < -0.4 is 20.1 Å². The number of carbonyl (C=O) groups excluding carboxylic acids is 2. The van der Waals surface area contributed by atoms with Gasteiger partial charge in [-0.3, -0.25) is 9.59 Å². The Kier molecular flexibility index (Phi) is 8.80. The molecule has 0 aliphatic carbocycles. The molecule has 0 saturated heterocycles. The molecule has 0 aliphatic heterocycles. The van der Waals surface area contributed by atoms with E-state index in [0.717, 1.165) is 38.8 Å². The number of hydrogen-bond acceptors (Lipinski definition) is 7. The molecule has 1 heterocycles. The molecule has 7 nitrogen and oxygen atoms in total. The molecule has 3 aromatic carbocycles. The monoisotopic (exact) mass is 521 g/mol. The number of amides is 2. The molecule has 2 N–H and O–H groups in total. The molecule has 0 atom stereocenters. The van der Waals surface area contributed by atoms with Gasteiger partial charge >= 0.3 is 0 Å². The number of ether oxygens (including phenoxy) is 2. The largest absolute Gasteiger partial charge is 0.496 e. The van der Waals surface area contributed by atoms with Gasteiger partial charge in [-0.15, -0.1) is 11.3 Å². The van der Waals surface area contributed by atoms with Crippen LogP contribution in [-0.4, -0.2) is 36.3 Å². The number of nitrogens with one attached hydrogen (secondary N) is 2. The van der Waals surface area contributed by atoms with E-state index in [9.17, 15) is 9.59 Å². The lowest BCUT2D eigenvalue weighted by molar-refractivity contribution is -0.113. The van der Waals surface area contributed by atoms with Gasteiger partial charge in [-0.2, -0.15) is 0 Å². The van der Waals surface area contributed by atoms with E-state index in [1.807, 2.05) is 48.5 Å². The molecule has 1 aromatic heterocycles. The number of thioether (sulfide) groups is 1. The zero-order valence-electron chi connectivity index (χ0n) is 20.1. The zero-order valence-corrected chi connectivity index (χ0v) is 21.7. The molecule has 9 heteroatoms. The summed E-state index contributed by atoms with van der Waals surface area (Å²) in [4.78, 5) is 29.7. The van der Waals surface area contributed by atoms with E-state index in [0.29, 0.717) is 23.6 Å². The van der Waals surface area contributed by atoms with Crippen LogP contribution in [0.2, 0.25) is 0 Å². The summed E-state index contributed by atoms with van der Waals surface area (Å²) in [7, 11) is 1.54. The SMILES string of the molecule is CCCCOc1ccc(NC(=O)CSc2nc3ccc(NC(=O)c4ccccc4OC)cc3s2)cc1. The van der Waals surface area contributed by atoms with Crippen LogP contribution in [0.25, 0.3) is 10.2 Å². The van der Waals surface area contributed by atoms with Gasteiger partial charge in [0.25, 0.3) is 5.91 Å². The Morgan fingerprint density at radius 2 is 1.78 bits per heavy atom. The summed E-state index contributed by atoms with van der Waals surface area (Å²) < 4.78 is 12.6. The first-order chi connectivity index (χ1) is 17.6. The van der Waals surface area contributed by atoms with Crippen LogP contribution in [-0.2, 0) is 4.79 Å². The van der Waals surface area contributed by atoms with Crippen LogP contribution >= 0.6 is 23.1 Å². The van der Waals surface area contributed by atoms with E-state index in [4.69, 9.17) is 9.47 Å². The topological polar surface area (TPSA) is 89.5 Å². The number of anilines is 2. The smallest absolute Gasteiger partial charge is 0.259 e. The number of fused-ring (bicyclic) bond motifs is 1. The average molecular weight is 522 g/mol. The molecule has 0 aliphatic rings. The van der Waals surface area contributed by atoms with Crippen molar-refractivity contribution < 1.29 is 19.1 Å². The molecular formula is C27H27N3O4S2. The third kappa shape index (κ3) is 6.77. The maximum absolute atomic E-state index is 12.7. The molecule has 0 spiro atoms. The zero-order chi connectivity index (χ0) is 25.3. The van der Waals surface area contributed by atoms with Crippen LogP contribution in [0, 0.1) is 0 Å². The van der Waals surface area contributed by atoms with Crippen molar-refractivity contribution in [2.75, 3.05) is 30.1 Å². The maximum Gasteiger partial charge on any atom is 0.259 e. The molecule has 4 rings (SSSR count). The van der Waals surface area contributed by atoms with Gasteiger partial charge in [0.05, 0.1) is 35.2 Å². The number of nitrogens with zero attached hydrogens (tertiary/aromatic N) is 1. The predicted octanol–water partition coefficient (Wildman–Crippen LogP) is 6.47. The van der Waals surface area contributed by atoms with Gasteiger partial charge in [-0.25, -0.2) is 4.98 Å². The highest BCUT2D eigenvalue weighted by Gasteiger charge is 2.13. The Labute approximate surface area is 218 Å². The minimum atomic E-state index is -0.247. The third-order valence-electron chi connectivity index (χ3n) is 5.21. The third-order valence-corrected chi connectivity index (χ3v) is 7.37. The first-order valence-electron chi connectivity index (χ1n) is 11.6. The van der Waals surface area contributed by atoms with Gasteiger partial charge in [0.2, 0.25) is 5.91 Å². The van der Waals surface area contributed by atoms with Crippen molar-refractivity contribution in [1.82, 2.24) is 4.98 Å². The van der Waals surface area contributed by atoms with E-state index in [2.05, 4.69) is 22.5 Å². The number of para-hydroxylation sites is 1. The standard InChI is InChI=1S/C27H27N3O4S2/c1-3-4-15-34-20-12-9-18(10-13-20)28-25(31)17-35-27-30-22-14-11-19(16-24(22)36-27)29-26(32)21-7-5-6-8-23(21)33-2/h5-14,16H,3-4,15,17H2,1-2H3,(H,28,31)(H,29,32). The summed E-state index contributed by atoms with van der Waals surface area (Å²) in [5.74, 6) is 1.20. The van der Waals surface area contributed by atoms with Crippen molar-refractivity contribution in [3.05, 3.63) is 72.3 Å². The Morgan fingerprint density at radius 1 is 1.00 bits per heavy atom. The number of thiazole rings is 1. The molecular weight excluding hydrogens is 494 g/mol. The van der Waals surface area contributed by atoms with Crippen molar-refractivity contribution in [1.29, 1.82) is 0 Å². The Balaban J connectivity index is 1.32. The lowest BCUT2D eigenvalue weighted by Crippen LogP contribution is -2.13. The van der Waals surface area contributed by atoms with Gasteiger partial charge in [0.15, 0.2) is 4.34 Å². The van der Waals surface area contributed by atoms with Crippen LogP contribution in [0.15, 0.2) is 71.1 Å². The first kappa shape index (κ1) is 25.5. The molecule has 0 radical (unpaired) electrons. The quantitative estimate of drug-likeness (QED) is 0.174. The molecule has 0 saturated carbocycles. The van der Waals surface area contributed by atoms with Crippen molar-refractivity contribution in [3.63, 3.8) is 0 Å². The highest BCUT2D eigenvalue weighted by Crippen LogP contribution is 2.32. The Bertz CT molecular complexity index is 1340. The number of carbonyl (C=O) groups is 2. The summed E-state index contributed by atoms with van der Waals surface area (Å²) in [5, 5.41) is 5.81. The molecule has 186 valence electrons. The fraction of sp³-hybridized carbons (Fsp3) is 0.222. The van der Waals surface area contributed by atoms with Crippen molar-refractivity contribution >= 4 is 56.5 Å². The highest BCUT2D eigenvalue weighted by atomic mass is 32.2. The Morgan fingerprint density at radius 3 is 2.56 bits per heavy atom. The minimum absolute atomic E-state index is 0.108. The van der Waals surface area contributed by atoms with Crippen LogP contribution in [0.3, 0.4) is 0 Å². The fourth-order valence-electron chi connectivity index (χ4n) is 3.37. The minimum Gasteiger partial charge on any atom is -0.496 e. The van der Waals surface area contributed by atoms with E-state index >= 15 is 0 Å². The second-order valence-corrected chi connectivity index (χ2v) is 10.1. The number of unbranched alkanes of at least 4 members (excludes halogenated alkanes) is 1. The lowest BCUT2D eigenvalue weighted by Gasteiger charge is -2.09. The van der Waals surface area contributed by atoms with E-state index in [1.165, 1.54) is 30.2 Å². The maximum atomic E-state index is 12.7. The first-order valence-corrected chi connectivity index (χ1v) is 13.4. The number of methoxy groups -OCH3 is 1. The van der Waals surface area contributed by atoms with E-state index in [-0.39, 0.29) is 17.6 Å². The molecule has 0 bridgehead atoms. The van der Waals surface area contributed by atoms with Crippen molar-refractivity contribution in [3.8, 4) is 11.5 Å². The van der Waals surface area contributed by atoms with Gasteiger partial charge in [-0.05, 0) is 61.0 Å².